The fourth-order valence-electron chi connectivity index (χ4n) is 0.490. The molecule has 0 radical (unpaired) electrons. The number of rotatable bonds is 3. The Morgan fingerprint density at radius 3 is 2.42 bits per heavy atom. The van der Waals surface area contributed by atoms with E-state index in [0.717, 1.165) is 0 Å². The Bertz CT molecular complexity index is 217. The summed E-state index contributed by atoms with van der Waals surface area (Å²) in [5.41, 5.74) is 5.71. The number of ether oxygens (including phenoxy) is 1. The van der Waals surface area contributed by atoms with Gasteiger partial charge in [0.05, 0.1) is 7.11 Å². The SMILES string of the molecule is C=CC(C)(C)/C(N)=C/C(=O)OC. The molecule has 0 aliphatic heterocycles. The maximum Gasteiger partial charge on any atom is 0.332 e. The second-order valence-electron chi connectivity index (χ2n) is 3.05. The van der Waals surface area contributed by atoms with Crippen LogP contribution in [0.15, 0.2) is 24.4 Å². The van der Waals surface area contributed by atoms with E-state index in [0.29, 0.717) is 5.70 Å². The molecule has 0 fully saturated rings. The van der Waals surface area contributed by atoms with E-state index in [1.54, 1.807) is 6.08 Å². The molecule has 0 saturated heterocycles. The number of hydrogen-bond acceptors (Lipinski definition) is 3. The molecule has 68 valence electrons. The van der Waals surface area contributed by atoms with Crippen molar-refractivity contribution < 1.29 is 9.53 Å². The van der Waals surface area contributed by atoms with Crippen LogP contribution in [0.3, 0.4) is 0 Å². The molecule has 0 aliphatic rings. The maximum absolute atomic E-state index is 10.8. The van der Waals surface area contributed by atoms with E-state index >= 15 is 0 Å². The second-order valence-corrected chi connectivity index (χ2v) is 3.05. The number of carbonyl (C=O) groups is 1. The summed E-state index contributed by atoms with van der Waals surface area (Å²) in [5, 5.41) is 0. The Morgan fingerprint density at radius 2 is 2.08 bits per heavy atom. The molecule has 0 amide bonds. The molecular formula is C9H15NO2. The van der Waals surface area contributed by atoms with Gasteiger partial charge in [0, 0.05) is 17.2 Å². The summed E-state index contributed by atoms with van der Waals surface area (Å²) in [6, 6.07) is 0. The molecule has 2 N–H and O–H groups in total. The Morgan fingerprint density at radius 1 is 1.58 bits per heavy atom. The highest BCUT2D eigenvalue weighted by Crippen LogP contribution is 2.22. The number of nitrogens with two attached hydrogens (primary N) is 1. The predicted molar refractivity (Wildman–Crippen MR) is 48.3 cm³/mol. The molecule has 0 aromatic carbocycles. The standard InChI is InChI=1S/C9H15NO2/c1-5-9(2,3)7(10)6-8(11)12-4/h5-6H,1,10H2,2-4H3/b7-6-. The first-order valence-corrected chi connectivity index (χ1v) is 3.63. The smallest absolute Gasteiger partial charge is 0.332 e. The van der Waals surface area contributed by atoms with Gasteiger partial charge in [0.1, 0.15) is 0 Å². The van der Waals surface area contributed by atoms with E-state index in [1.807, 2.05) is 13.8 Å². The Balaban J connectivity index is 4.57. The quantitative estimate of drug-likeness (QED) is 0.392. The number of methoxy groups -OCH3 is 1. The molecule has 12 heavy (non-hydrogen) atoms. The van der Waals surface area contributed by atoms with Crippen LogP contribution < -0.4 is 5.73 Å². The Labute approximate surface area is 72.9 Å². The van der Waals surface area contributed by atoms with Crippen LogP contribution in [0.5, 0.6) is 0 Å². The monoisotopic (exact) mass is 169 g/mol. The van der Waals surface area contributed by atoms with Gasteiger partial charge in [-0.05, 0) is 0 Å². The lowest BCUT2D eigenvalue weighted by atomic mass is 9.89. The number of carbonyl (C=O) groups excluding carboxylic acids is 1. The Hall–Kier alpha value is -1.25. The highest BCUT2D eigenvalue weighted by atomic mass is 16.5. The zero-order chi connectivity index (χ0) is 9.78. The Kier molecular flexibility index (Phi) is 3.54. The van der Waals surface area contributed by atoms with Gasteiger partial charge in [-0.2, -0.15) is 0 Å². The summed E-state index contributed by atoms with van der Waals surface area (Å²) in [6.07, 6.45) is 2.95. The molecular weight excluding hydrogens is 154 g/mol. The fourth-order valence-corrected chi connectivity index (χ4v) is 0.490. The highest BCUT2D eigenvalue weighted by molar-refractivity contribution is 5.82. The van der Waals surface area contributed by atoms with Crippen molar-refractivity contribution in [3.8, 4) is 0 Å². The molecule has 0 aromatic heterocycles. The molecule has 3 nitrogen and oxygen atoms in total. The van der Waals surface area contributed by atoms with Crippen molar-refractivity contribution >= 4 is 5.97 Å². The van der Waals surface area contributed by atoms with Crippen molar-refractivity contribution in [2.45, 2.75) is 13.8 Å². The number of hydrogen-bond donors (Lipinski definition) is 1. The fraction of sp³-hybridized carbons (Fsp3) is 0.444. The molecule has 0 aliphatic carbocycles. The van der Waals surface area contributed by atoms with Crippen LogP contribution >= 0.6 is 0 Å². The molecule has 0 saturated carbocycles. The van der Waals surface area contributed by atoms with Crippen LogP contribution in [0, 0.1) is 5.41 Å². The molecule has 0 bridgehead atoms. The maximum atomic E-state index is 10.8. The van der Waals surface area contributed by atoms with Gasteiger partial charge >= 0.3 is 5.97 Å². The molecule has 0 unspecified atom stereocenters. The van der Waals surface area contributed by atoms with E-state index in [-0.39, 0.29) is 5.41 Å². The minimum Gasteiger partial charge on any atom is -0.466 e. The van der Waals surface area contributed by atoms with E-state index in [9.17, 15) is 4.79 Å². The molecule has 0 aromatic rings. The first-order valence-electron chi connectivity index (χ1n) is 3.63. The van der Waals surface area contributed by atoms with Crippen LogP contribution in [0.4, 0.5) is 0 Å². The van der Waals surface area contributed by atoms with Gasteiger partial charge in [-0.25, -0.2) is 4.79 Å². The van der Waals surface area contributed by atoms with Gasteiger partial charge in [0.2, 0.25) is 0 Å². The van der Waals surface area contributed by atoms with Crippen molar-refractivity contribution in [1.29, 1.82) is 0 Å². The van der Waals surface area contributed by atoms with Crippen LogP contribution in [0.25, 0.3) is 0 Å². The van der Waals surface area contributed by atoms with Crippen LogP contribution in [0.2, 0.25) is 0 Å². The zero-order valence-corrected chi connectivity index (χ0v) is 7.76. The first kappa shape index (κ1) is 10.8. The van der Waals surface area contributed by atoms with E-state index < -0.39 is 5.97 Å². The molecule has 0 atom stereocenters. The third-order valence-corrected chi connectivity index (χ3v) is 1.73. The first-order chi connectivity index (χ1) is 5.44. The molecule has 0 heterocycles. The van der Waals surface area contributed by atoms with Crippen LogP contribution in [0.1, 0.15) is 13.8 Å². The summed E-state index contributed by atoms with van der Waals surface area (Å²) in [6.45, 7) is 7.35. The van der Waals surface area contributed by atoms with Gasteiger partial charge in [-0.15, -0.1) is 6.58 Å². The highest BCUT2D eigenvalue weighted by Gasteiger charge is 2.17. The van der Waals surface area contributed by atoms with Gasteiger partial charge in [0.25, 0.3) is 0 Å². The predicted octanol–water partition coefficient (Wildman–Crippen LogP) is 1.21. The van der Waals surface area contributed by atoms with Gasteiger partial charge in [0.15, 0.2) is 0 Å². The minimum absolute atomic E-state index is 0.367. The van der Waals surface area contributed by atoms with Crippen molar-refractivity contribution in [1.82, 2.24) is 0 Å². The lowest BCUT2D eigenvalue weighted by Gasteiger charge is -2.19. The number of esters is 1. The zero-order valence-electron chi connectivity index (χ0n) is 7.76. The lowest BCUT2D eigenvalue weighted by Crippen LogP contribution is -2.19. The number of allylic oxidation sites excluding steroid dienone is 1. The second kappa shape index (κ2) is 3.95. The average molecular weight is 169 g/mol. The summed E-state index contributed by atoms with van der Waals surface area (Å²) >= 11 is 0. The van der Waals surface area contributed by atoms with Crippen LogP contribution in [-0.4, -0.2) is 13.1 Å². The largest absolute Gasteiger partial charge is 0.466 e. The summed E-state index contributed by atoms with van der Waals surface area (Å²) in [5.74, 6) is -0.442. The van der Waals surface area contributed by atoms with E-state index in [2.05, 4.69) is 11.3 Å². The molecule has 0 spiro atoms. The third-order valence-electron chi connectivity index (χ3n) is 1.73. The lowest BCUT2D eigenvalue weighted by molar-refractivity contribution is -0.134. The summed E-state index contributed by atoms with van der Waals surface area (Å²) in [7, 11) is 1.31. The molecule has 3 heteroatoms. The average Bonchev–Trinajstić information content (AvgIpc) is 2.04. The minimum atomic E-state index is -0.442. The van der Waals surface area contributed by atoms with E-state index in [1.165, 1.54) is 13.2 Å². The summed E-state index contributed by atoms with van der Waals surface area (Å²) < 4.78 is 4.43. The van der Waals surface area contributed by atoms with Crippen molar-refractivity contribution in [2.24, 2.45) is 11.1 Å². The summed E-state index contributed by atoms with van der Waals surface area (Å²) in [4.78, 5) is 10.8. The van der Waals surface area contributed by atoms with Gasteiger partial charge in [-0.3, -0.25) is 0 Å². The normalized spacial score (nSPS) is 12.4. The van der Waals surface area contributed by atoms with Gasteiger partial charge in [-0.1, -0.05) is 19.9 Å². The topological polar surface area (TPSA) is 52.3 Å². The van der Waals surface area contributed by atoms with Crippen molar-refractivity contribution in [2.75, 3.05) is 7.11 Å². The van der Waals surface area contributed by atoms with Gasteiger partial charge < -0.3 is 10.5 Å². The third kappa shape index (κ3) is 2.78. The van der Waals surface area contributed by atoms with Crippen LogP contribution in [-0.2, 0) is 9.53 Å². The van der Waals surface area contributed by atoms with E-state index in [4.69, 9.17) is 5.73 Å². The molecule has 0 rings (SSSR count). The van der Waals surface area contributed by atoms with Crippen molar-refractivity contribution in [3.05, 3.63) is 24.4 Å². The van der Waals surface area contributed by atoms with Crippen molar-refractivity contribution in [3.63, 3.8) is 0 Å².